The summed E-state index contributed by atoms with van der Waals surface area (Å²) < 4.78 is 1.81. The number of fused-ring (bicyclic) bond motifs is 1. The van der Waals surface area contributed by atoms with Gasteiger partial charge in [-0.2, -0.15) is 4.89 Å². The van der Waals surface area contributed by atoms with Crippen LogP contribution in [0.5, 0.6) is 5.75 Å². The van der Waals surface area contributed by atoms with Crippen molar-refractivity contribution >= 4 is 35.0 Å². The average Bonchev–Trinajstić information content (AvgIpc) is 3.15. The summed E-state index contributed by atoms with van der Waals surface area (Å²) in [7, 11) is 0. The lowest BCUT2D eigenvalue weighted by Gasteiger charge is -2.05. The van der Waals surface area contributed by atoms with Crippen LogP contribution >= 0.6 is 0 Å². The predicted molar refractivity (Wildman–Crippen MR) is 123 cm³/mol. The minimum Gasteiger partial charge on any atom is -0.481 e. The lowest BCUT2D eigenvalue weighted by atomic mass is 10.0. The van der Waals surface area contributed by atoms with Crippen molar-refractivity contribution in [2.45, 2.75) is 39.2 Å². The molecule has 7 heteroatoms. The second kappa shape index (κ2) is 11.2. The third-order valence-electron chi connectivity index (χ3n) is 5.03. The molecule has 0 radical (unpaired) electrons. The summed E-state index contributed by atoms with van der Waals surface area (Å²) in [5.41, 5.74) is 2.67. The SMILES string of the molecule is CCCCOOc1ccc(C=Cc2cccc3c2c(C(=O)O)cn3CCCC(=O)O)cc1. The molecule has 0 aliphatic carbocycles. The molecule has 0 aliphatic heterocycles. The zero-order valence-electron chi connectivity index (χ0n) is 18.0. The Labute approximate surface area is 186 Å². The fourth-order valence-electron chi connectivity index (χ4n) is 3.40. The fraction of sp³-hybridized carbons (Fsp3) is 0.280. The van der Waals surface area contributed by atoms with Gasteiger partial charge in [0.05, 0.1) is 12.2 Å². The highest BCUT2D eigenvalue weighted by Crippen LogP contribution is 2.28. The van der Waals surface area contributed by atoms with Gasteiger partial charge >= 0.3 is 11.9 Å². The topological polar surface area (TPSA) is 98.0 Å². The van der Waals surface area contributed by atoms with Crippen molar-refractivity contribution in [3.05, 3.63) is 65.4 Å². The van der Waals surface area contributed by atoms with Crippen molar-refractivity contribution in [3.63, 3.8) is 0 Å². The van der Waals surface area contributed by atoms with Crippen molar-refractivity contribution < 1.29 is 29.6 Å². The van der Waals surface area contributed by atoms with Crippen molar-refractivity contribution in [3.8, 4) is 5.75 Å². The summed E-state index contributed by atoms with van der Waals surface area (Å²) >= 11 is 0. The number of carbonyl (C=O) groups is 2. The first-order valence-electron chi connectivity index (χ1n) is 10.6. The van der Waals surface area contributed by atoms with E-state index in [9.17, 15) is 14.7 Å². The smallest absolute Gasteiger partial charge is 0.337 e. The van der Waals surface area contributed by atoms with Gasteiger partial charge in [0.1, 0.15) is 0 Å². The van der Waals surface area contributed by atoms with Gasteiger partial charge in [0.2, 0.25) is 0 Å². The summed E-state index contributed by atoms with van der Waals surface area (Å²) in [4.78, 5) is 33.1. The third-order valence-corrected chi connectivity index (χ3v) is 5.03. The summed E-state index contributed by atoms with van der Waals surface area (Å²) in [6.07, 6.45) is 7.80. The Hall–Kier alpha value is -3.58. The molecular weight excluding hydrogens is 410 g/mol. The van der Waals surface area contributed by atoms with Crippen LogP contribution < -0.4 is 4.89 Å². The molecule has 168 valence electrons. The zero-order chi connectivity index (χ0) is 22.9. The van der Waals surface area contributed by atoms with Crippen LogP contribution in [0.15, 0.2) is 48.7 Å². The average molecular weight is 437 g/mol. The van der Waals surface area contributed by atoms with Gasteiger partial charge in [0, 0.05) is 30.1 Å². The zero-order valence-corrected chi connectivity index (χ0v) is 18.0. The molecule has 0 amide bonds. The van der Waals surface area contributed by atoms with Gasteiger partial charge in [-0.1, -0.05) is 49.8 Å². The van der Waals surface area contributed by atoms with Gasteiger partial charge in [-0.05, 0) is 42.2 Å². The largest absolute Gasteiger partial charge is 0.481 e. The molecule has 7 nitrogen and oxygen atoms in total. The highest BCUT2D eigenvalue weighted by molar-refractivity contribution is 6.07. The Bertz CT molecular complexity index is 1100. The molecule has 32 heavy (non-hydrogen) atoms. The first-order valence-corrected chi connectivity index (χ1v) is 10.6. The second-order valence-electron chi connectivity index (χ2n) is 7.44. The van der Waals surface area contributed by atoms with E-state index in [1.807, 2.05) is 59.2 Å². The monoisotopic (exact) mass is 437 g/mol. The maximum absolute atomic E-state index is 11.8. The van der Waals surface area contributed by atoms with E-state index in [-0.39, 0.29) is 12.0 Å². The third kappa shape index (κ3) is 5.98. The van der Waals surface area contributed by atoms with Gasteiger partial charge in [-0.3, -0.25) is 4.79 Å². The van der Waals surface area contributed by atoms with Gasteiger partial charge in [-0.25, -0.2) is 4.79 Å². The molecule has 0 aliphatic rings. The van der Waals surface area contributed by atoms with Crippen LogP contribution in [0.25, 0.3) is 23.1 Å². The quantitative estimate of drug-likeness (QED) is 0.168. The normalized spacial score (nSPS) is 11.3. The summed E-state index contributed by atoms with van der Waals surface area (Å²) in [5.74, 6) is -1.27. The second-order valence-corrected chi connectivity index (χ2v) is 7.44. The number of aliphatic carboxylic acids is 1. The Morgan fingerprint density at radius 3 is 2.50 bits per heavy atom. The molecule has 2 N–H and O–H groups in total. The predicted octanol–water partition coefficient (Wildman–Crippen LogP) is 5.49. The molecule has 3 aromatic rings. The van der Waals surface area contributed by atoms with E-state index in [1.165, 1.54) is 0 Å². The number of hydrogen-bond acceptors (Lipinski definition) is 4. The van der Waals surface area contributed by atoms with Gasteiger partial charge in [0.25, 0.3) is 0 Å². The number of aromatic nitrogens is 1. The van der Waals surface area contributed by atoms with Crippen LogP contribution in [0.3, 0.4) is 0 Å². The molecule has 3 rings (SSSR count). The summed E-state index contributed by atoms with van der Waals surface area (Å²) in [6.45, 7) is 3.06. The Morgan fingerprint density at radius 1 is 1.03 bits per heavy atom. The highest BCUT2D eigenvalue weighted by atomic mass is 17.2. The van der Waals surface area contributed by atoms with E-state index in [4.69, 9.17) is 14.9 Å². The number of carboxylic acids is 2. The van der Waals surface area contributed by atoms with E-state index >= 15 is 0 Å². The molecule has 1 heterocycles. The number of aromatic carboxylic acids is 1. The Morgan fingerprint density at radius 2 is 1.81 bits per heavy atom. The minimum atomic E-state index is -1.02. The number of aryl methyl sites for hydroxylation is 1. The summed E-state index contributed by atoms with van der Waals surface area (Å²) in [6, 6.07) is 13.0. The molecule has 0 spiro atoms. The number of hydrogen-bond donors (Lipinski definition) is 2. The molecular formula is C25H27NO6. The van der Waals surface area contributed by atoms with Gasteiger partial charge < -0.3 is 19.7 Å². The maximum atomic E-state index is 11.8. The lowest BCUT2D eigenvalue weighted by molar-refractivity contribution is -0.207. The van der Waals surface area contributed by atoms with E-state index < -0.39 is 11.9 Å². The van der Waals surface area contributed by atoms with Crippen molar-refractivity contribution in [1.29, 1.82) is 0 Å². The minimum absolute atomic E-state index is 0.0328. The fourth-order valence-corrected chi connectivity index (χ4v) is 3.40. The van der Waals surface area contributed by atoms with Crippen LogP contribution in [0, 0.1) is 0 Å². The van der Waals surface area contributed by atoms with E-state index in [0.29, 0.717) is 30.7 Å². The molecule has 0 atom stereocenters. The Balaban J connectivity index is 1.80. The Kier molecular flexibility index (Phi) is 8.05. The lowest BCUT2D eigenvalue weighted by Crippen LogP contribution is -2.01. The first-order chi connectivity index (χ1) is 15.5. The molecule has 0 unspecified atom stereocenters. The molecule has 0 saturated heterocycles. The van der Waals surface area contributed by atoms with E-state index in [1.54, 1.807) is 6.20 Å². The van der Waals surface area contributed by atoms with Crippen molar-refractivity contribution in [2.75, 3.05) is 6.61 Å². The highest BCUT2D eigenvalue weighted by Gasteiger charge is 2.16. The van der Waals surface area contributed by atoms with Crippen LogP contribution in [0.1, 0.15) is 54.1 Å². The molecule has 1 aromatic heterocycles. The maximum Gasteiger partial charge on any atom is 0.337 e. The number of carboxylic acid groups (broad SMARTS) is 2. The van der Waals surface area contributed by atoms with Gasteiger partial charge in [-0.15, -0.1) is 0 Å². The number of benzene rings is 2. The van der Waals surface area contributed by atoms with Crippen LogP contribution in [0.2, 0.25) is 0 Å². The number of unbranched alkanes of at least 4 members (excludes halogenated alkanes) is 1. The van der Waals surface area contributed by atoms with Gasteiger partial charge in [0.15, 0.2) is 5.75 Å². The van der Waals surface area contributed by atoms with Crippen LogP contribution in [0.4, 0.5) is 0 Å². The van der Waals surface area contributed by atoms with E-state index in [2.05, 4.69) is 6.92 Å². The van der Waals surface area contributed by atoms with E-state index in [0.717, 1.165) is 29.5 Å². The number of nitrogens with zero attached hydrogens (tertiary/aromatic N) is 1. The standard InChI is InChI=1S/C25H27NO6/c1-2-3-16-31-32-20-13-10-18(11-14-20)9-12-19-6-4-7-22-24(19)21(25(29)30)17-26(22)15-5-8-23(27)28/h4,6-7,9-14,17H,2-3,5,8,15-16H2,1H3,(H,27,28)(H,29,30). The van der Waals surface area contributed by atoms with Crippen LogP contribution in [-0.2, 0) is 16.2 Å². The van der Waals surface area contributed by atoms with Crippen LogP contribution in [-0.4, -0.2) is 33.3 Å². The first kappa shape index (κ1) is 23.1. The van der Waals surface area contributed by atoms with Crippen molar-refractivity contribution in [2.24, 2.45) is 0 Å². The molecule has 0 bridgehead atoms. The number of rotatable bonds is 12. The van der Waals surface area contributed by atoms with Crippen molar-refractivity contribution in [1.82, 2.24) is 4.57 Å². The molecule has 0 fully saturated rings. The molecule has 0 saturated carbocycles. The molecule has 2 aromatic carbocycles. The summed E-state index contributed by atoms with van der Waals surface area (Å²) in [5, 5.41) is 19.2.